The number of amides is 2. The number of halogens is 1. The average molecular weight is 552 g/mol. The number of sulfonamides is 1. The fourth-order valence-electron chi connectivity index (χ4n) is 4.36. The quantitative estimate of drug-likeness (QED) is 0.457. The minimum atomic E-state index is -3.91. The number of nitrogens with one attached hydrogen (secondary N) is 1. The van der Waals surface area contributed by atoms with Crippen LogP contribution in [0.3, 0.4) is 0 Å². The monoisotopic (exact) mass is 551 g/mol. The molecule has 1 unspecified atom stereocenters. The van der Waals surface area contributed by atoms with Crippen LogP contribution in [0.5, 0.6) is 11.5 Å². The molecule has 202 valence electrons. The predicted octanol–water partition coefficient (Wildman–Crippen LogP) is 3.60. The van der Waals surface area contributed by atoms with Crippen molar-refractivity contribution in [2.24, 2.45) is 0 Å². The van der Waals surface area contributed by atoms with Gasteiger partial charge < -0.3 is 19.7 Å². The number of rotatable bonds is 11. The Hall–Kier alpha value is -2.98. The van der Waals surface area contributed by atoms with Crippen LogP contribution < -0.4 is 19.1 Å². The molecule has 0 spiro atoms. The zero-order valence-electron chi connectivity index (χ0n) is 21.6. The van der Waals surface area contributed by atoms with Gasteiger partial charge >= 0.3 is 0 Å². The third-order valence-corrected chi connectivity index (χ3v) is 7.83. The van der Waals surface area contributed by atoms with Gasteiger partial charge in [-0.1, -0.05) is 36.6 Å². The Bertz CT molecular complexity index is 1200. The number of ether oxygens (including phenoxy) is 2. The maximum absolute atomic E-state index is 13.7. The third-order valence-electron chi connectivity index (χ3n) is 6.47. The summed E-state index contributed by atoms with van der Waals surface area (Å²) in [6, 6.07) is 10.9. The summed E-state index contributed by atoms with van der Waals surface area (Å²) in [7, 11) is -0.949. The molecule has 1 aliphatic rings. The molecule has 11 heteroatoms. The number of hydrogen-bond donors (Lipinski definition) is 1. The van der Waals surface area contributed by atoms with Gasteiger partial charge in [-0.25, -0.2) is 8.42 Å². The molecule has 2 amide bonds. The van der Waals surface area contributed by atoms with Gasteiger partial charge in [-0.15, -0.1) is 0 Å². The Morgan fingerprint density at radius 1 is 1.08 bits per heavy atom. The van der Waals surface area contributed by atoms with Gasteiger partial charge in [0.1, 0.15) is 24.1 Å². The summed E-state index contributed by atoms with van der Waals surface area (Å²) in [6.45, 7) is 1.22. The van der Waals surface area contributed by atoms with Gasteiger partial charge in [0.25, 0.3) is 0 Å². The van der Waals surface area contributed by atoms with Crippen LogP contribution in [0.15, 0.2) is 42.5 Å². The summed E-state index contributed by atoms with van der Waals surface area (Å²) in [5, 5.41) is 3.33. The van der Waals surface area contributed by atoms with Crippen molar-refractivity contribution in [3.8, 4) is 11.5 Å². The van der Waals surface area contributed by atoms with Crippen LogP contribution in [-0.4, -0.2) is 64.2 Å². The summed E-state index contributed by atoms with van der Waals surface area (Å²) in [5.41, 5.74) is 0.902. The van der Waals surface area contributed by atoms with E-state index in [1.54, 1.807) is 44.4 Å². The molecular weight excluding hydrogens is 518 g/mol. The van der Waals surface area contributed by atoms with E-state index < -0.39 is 28.5 Å². The van der Waals surface area contributed by atoms with E-state index in [0.717, 1.165) is 41.8 Å². The fraction of sp³-hybridized carbons (Fsp3) is 0.462. The Kier molecular flexibility index (Phi) is 9.67. The van der Waals surface area contributed by atoms with E-state index >= 15 is 0 Å². The number of nitrogens with zero attached hydrogens (tertiary/aromatic N) is 2. The highest BCUT2D eigenvalue weighted by Crippen LogP contribution is 2.33. The molecule has 1 fully saturated rings. The Labute approximate surface area is 223 Å². The van der Waals surface area contributed by atoms with Crippen LogP contribution in [0.25, 0.3) is 0 Å². The van der Waals surface area contributed by atoms with E-state index in [0.29, 0.717) is 5.75 Å². The lowest BCUT2D eigenvalue weighted by atomic mass is 10.1. The zero-order valence-corrected chi connectivity index (χ0v) is 23.1. The Balaban J connectivity index is 1.92. The van der Waals surface area contributed by atoms with E-state index in [9.17, 15) is 18.0 Å². The summed E-state index contributed by atoms with van der Waals surface area (Å²) < 4.78 is 37.1. The lowest BCUT2D eigenvalue weighted by molar-refractivity contribution is -0.139. The molecule has 1 N–H and O–H groups in total. The van der Waals surface area contributed by atoms with Crippen LogP contribution in [0.4, 0.5) is 5.69 Å². The zero-order chi connectivity index (χ0) is 27.2. The van der Waals surface area contributed by atoms with Crippen LogP contribution >= 0.6 is 11.6 Å². The topological polar surface area (TPSA) is 105 Å². The molecular formula is C26H34ClN3O6S. The highest BCUT2D eigenvalue weighted by molar-refractivity contribution is 7.92. The molecule has 0 radical (unpaired) electrons. The maximum atomic E-state index is 13.7. The molecule has 0 heterocycles. The first-order chi connectivity index (χ1) is 17.5. The van der Waals surface area contributed by atoms with Gasteiger partial charge in [-0.2, -0.15) is 0 Å². The molecule has 0 bridgehead atoms. The molecule has 3 rings (SSSR count). The van der Waals surface area contributed by atoms with Crippen molar-refractivity contribution in [3.63, 3.8) is 0 Å². The maximum Gasteiger partial charge on any atom is 0.244 e. The molecule has 0 saturated heterocycles. The molecule has 0 aromatic heterocycles. The van der Waals surface area contributed by atoms with E-state index in [1.807, 2.05) is 0 Å². The second kappa shape index (κ2) is 12.5. The van der Waals surface area contributed by atoms with Crippen molar-refractivity contribution in [2.45, 2.75) is 51.2 Å². The highest BCUT2D eigenvalue weighted by Gasteiger charge is 2.32. The van der Waals surface area contributed by atoms with E-state index in [4.69, 9.17) is 21.1 Å². The second-order valence-electron chi connectivity index (χ2n) is 9.12. The average Bonchev–Trinajstić information content (AvgIpc) is 3.38. The molecule has 0 aliphatic heterocycles. The van der Waals surface area contributed by atoms with Crippen LogP contribution in [-0.2, 0) is 26.2 Å². The minimum absolute atomic E-state index is 0.0797. The summed E-state index contributed by atoms with van der Waals surface area (Å²) >= 11 is 6.14. The Morgan fingerprint density at radius 2 is 1.73 bits per heavy atom. The van der Waals surface area contributed by atoms with Crippen molar-refractivity contribution in [3.05, 3.63) is 53.1 Å². The van der Waals surface area contributed by atoms with Crippen molar-refractivity contribution >= 4 is 39.1 Å². The smallest absolute Gasteiger partial charge is 0.244 e. The lowest BCUT2D eigenvalue weighted by Crippen LogP contribution is -2.52. The fourth-order valence-corrected chi connectivity index (χ4v) is 5.37. The lowest BCUT2D eigenvalue weighted by Gasteiger charge is -2.32. The third kappa shape index (κ3) is 7.52. The van der Waals surface area contributed by atoms with Crippen LogP contribution in [0, 0.1) is 0 Å². The van der Waals surface area contributed by atoms with Crippen molar-refractivity contribution in [1.29, 1.82) is 0 Å². The molecule has 9 nitrogen and oxygen atoms in total. The molecule has 1 saturated carbocycles. The molecule has 2 aromatic carbocycles. The SMILES string of the molecule is COc1ccc(CN(C(=O)CN(c2cc(Cl)ccc2OC)S(C)(=O)=O)C(C)C(=O)NC2CCCC2)cc1. The summed E-state index contributed by atoms with van der Waals surface area (Å²) in [6.07, 6.45) is 4.92. The number of benzene rings is 2. The number of hydrogen-bond acceptors (Lipinski definition) is 6. The molecule has 37 heavy (non-hydrogen) atoms. The summed E-state index contributed by atoms with van der Waals surface area (Å²) in [4.78, 5) is 28.2. The first kappa shape index (κ1) is 28.6. The number of carbonyl (C=O) groups excluding carboxylic acids is 2. The van der Waals surface area contributed by atoms with E-state index in [2.05, 4.69) is 5.32 Å². The van der Waals surface area contributed by atoms with Gasteiger partial charge in [0, 0.05) is 17.6 Å². The van der Waals surface area contributed by atoms with E-state index in [1.165, 1.54) is 24.1 Å². The minimum Gasteiger partial charge on any atom is -0.497 e. The van der Waals surface area contributed by atoms with Gasteiger partial charge in [0.15, 0.2) is 0 Å². The predicted molar refractivity (Wildman–Crippen MR) is 144 cm³/mol. The van der Waals surface area contributed by atoms with Crippen molar-refractivity contribution in [1.82, 2.24) is 10.2 Å². The number of methoxy groups -OCH3 is 2. The molecule has 2 aromatic rings. The van der Waals surface area contributed by atoms with Gasteiger partial charge in [-0.3, -0.25) is 13.9 Å². The van der Waals surface area contributed by atoms with Gasteiger partial charge in [0.2, 0.25) is 21.8 Å². The first-order valence-corrected chi connectivity index (χ1v) is 14.3. The van der Waals surface area contributed by atoms with Gasteiger partial charge in [-0.05, 0) is 55.7 Å². The number of carbonyl (C=O) groups is 2. The second-order valence-corrected chi connectivity index (χ2v) is 11.5. The standard InChI is InChI=1S/C26H34ClN3O6S/c1-18(26(32)28-21-7-5-6-8-21)29(16-19-9-12-22(35-2)13-10-19)25(31)17-30(37(4,33)34)23-15-20(27)11-14-24(23)36-3/h9-15,18,21H,5-8,16-17H2,1-4H3,(H,28,32). The largest absolute Gasteiger partial charge is 0.497 e. The molecule has 1 aliphatic carbocycles. The highest BCUT2D eigenvalue weighted by atomic mass is 35.5. The first-order valence-electron chi connectivity index (χ1n) is 12.1. The summed E-state index contributed by atoms with van der Waals surface area (Å²) in [5.74, 6) is 0.0821. The van der Waals surface area contributed by atoms with E-state index in [-0.39, 0.29) is 35.0 Å². The van der Waals surface area contributed by atoms with Crippen molar-refractivity contribution < 1.29 is 27.5 Å². The Morgan fingerprint density at radius 3 is 2.30 bits per heavy atom. The number of anilines is 1. The van der Waals surface area contributed by atoms with Crippen LogP contribution in [0.1, 0.15) is 38.2 Å². The molecule has 1 atom stereocenters. The normalized spacial score (nSPS) is 14.6. The van der Waals surface area contributed by atoms with Crippen LogP contribution in [0.2, 0.25) is 5.02 Å². The van der Waals surface area contributed by atoms with Crippen molar-refractivity contribution in [2.75, 3.05) is 31.3 Å². The van der Waals surface area contributed by atoms with Gasteiger partial charge in [0.05, 0.1) is 26.2 Å².